The summed E-state index contributed by atoms with van der Waals surface area (Å²) in [4.78, 5) is 4.59. The molecule has 1 aliphatic heterocycles. The molecule has 0 saturated heterocycles. The highest BCUT2D eigenvalue weighted by molar-refractivity contribution is 6.30. The lowest BCUT2D eigenvalue weighted by Crippen LogP contribution is -2.26. The van der Waals surface area contributed by atoms with E-state index < -0.39 is 0 Å². The van der Waals surface area contributed by atoms with E-state index >= 15 is 0 Å². The SMILES string of the molecule is C[C@@H](NC1=NCCCCC1)c1ccc(Cl)cc1. The molecule has 0 radical (unpaired) electrons. The van der Waals surface area contributed by atoms with Crippen molar-refractivity contribution in [3.8, 4) is 0 Å². The Morgan fingerprint density at radius 1 is 1.18 bits per heavy atom. The van der Waals surface area contributed by atoms with Crippen LogP contribution >= 0.6 is 11.6 Å². The number of nitrogens with zero attached hydrogens (tertiary/aromatic N) is 1. The van der Waals surface area contributed by atoms with Gasteiger partial charge in [-0.3, -0.25) is 4.99 Å². The molecule has 1 N–H and O–H groups in total. The molecule has 1 heterocycles. The Bertz CT molecular complexity index is 384. The van der Waals surface area contributed by atoms with Gasteiger partial charge in [0.25, 0.3) is 0 Å². The maximum Gasteiger partial charge on any atom is 0.0967 e. The van der Waals surface area contributed by atoms with Crippen LogP contribution in [-0.4, -0.2) is 12.4 Å². The number of amidine groups is 1. The van der Waals surface area contributed by atoms with Gasteiger partial charge in [0.05, 0.1) is 5.84 Å². The second-order valence-corrected chi connectivity index (χ2v) is 4.99. The van der Waals surface area contributed by atoms with Gasteiger partial charge in [-0.25, -0.2) is 0 Å². The van der Waals surface area contributed by atoms with E-state index in [2.05, 4.69) is 29.4 Å². The van der Waals surface area contributed by atoms with Crippen LogP contribution in [-0.2, 0) is 0 Å². The maximum atomic E-state index is 5.89. The van der Waals surface area contributed by atoms with Crippen LogP contribution in [0.15, 0.2) is 29.3 Å². The average Bonchev–Trinajstić information content (AvgIpc) is 2.58. The van der Waals surface area contributed by atoms with Crippen molar-refractivity contribution in [1.82, 2.24) is 5.32 Å². The van der Waals surface area contributed by atoms with Crippen LogP contribution < -0.4 is 5.32 Å². The summed E-state index contributed by atoms with van der Waals surface area (Å²) in [7, 11) is 0. The van der Waals surface area contributed by atoms with Crippen LogP contribution in [0.2, 0.25) is 5.02 Å². The summed E-state index contributed by atoms with van der Waals surface area (Å²) in [6.45, 7) is 3.13. The third-order valence-corrected chi connectivity index (χ3v) is 3.38. The van der Waals surface area contributed by atoms with E-state index in [1.807, 2.05) is 12.1 Å². The molecule has 2 nitrogen and oxygen atoms in total. The highest BCUT2D eigenvalue weighted by Gasteiger charge is 2.09. The first-order chi connectivity index (χ1) is 8.25. The fourth-order valence-corrected chi connectivity index (χ4v) is 2.20. The van der Waals surface area contributed by atoms with E-state index in [1.54, 1.807) is 0 Å². The second kappa shape index (κ2) is 6.06. The van der Waals surface area contributed by atoms with Crippen LogP contribution in [0.3, 0.4) is 0 Å². The highest BCUT2D eigenvalue weighted by atomic mass is 35.5. The summed E-state index contributed by atoms with van der Waals surface area (Å²) in [6, 6.07) is 8.30. The number of benzene rings is 1. The lowest BCUT2D eigenvalue weighted by Gasteiger charge is -2.17. The Labute approximate surface area is 108 Å². The molecular formula is C14H19ClN2. The molecule has 0 aliphatic carbocycles. The van der Waals surface area contributed by atoms with Crippen molar-refractivity contribution in [3.63, 3.8) is 0 Å². The summed E-state index contributed by atoms with van der Waals surface area (Å²) < 4.78 is 0. The van der Waals surface area contributed by atoms with Crippen LogP contribution in [0.25, 0.3) is 0 Å². The van der Waals surface area contributed by atoms with Crippen molar-refractivity contribution in [2.24, 2.45) is 4.99 Å². The molecule has 1 atom stereocenters. The first kappa shape index (κ1) is 12.4. The van der Waals surface area contributed by atoms with E-state index in [0.29, 0.717) is 6.04 Å². The van der Waals surface area contributed by atoms with Gasteiger partial charge in [-0.05, 0) is 37.5 Å². The Hall–Kier alpha value is -1.02. The Balaban J connectivity index is 1.98. The zero-order valence-corrected chi connectivity index (χ0v) is 11.0. The standard InChI is InChI=1S/C14H19ClN2/c1-11(12-6-8-13(15)9-7-12)17-14-5-3-2-4-10-16-14/h6-9,11H,2-5,10H2,1H3,(H,16,17)/t11-/m1/s1. The fraction of sp³-hybridized carbons (Fsp3) is 0.500. The number of hydrogen-bond acceptors (Lipinski definition) is 2. The predicted molar refractivity (Wildman–Crippen MR) is 73.8 cm³/mol. The van der Waals surface area contributed by atoms with Gasteiger partial charge in [0, 0.05) is 24.0 Å². The van der Waals surface area contributed by atoms with Gasteiger partial charge in [0.15, 0.2) is 0 Å². The number of hydrogen-bond donors (Lipinski definition) is 1. The topological polar surface area (TPSA) is 24.4 Å². The summed E-state index contributed by atoms with van der Waals surface area (Å²) in [5.74, 6) is 1.16. The summed E-state index contributed by atoms with van der Waals surface area (Å²) in [5, 5.41) is 4.29. The van der Waals surface area contributed by atoms with Crippen molar-refractivity contribution >= 4 is 17.4 Å². The fourth-order valence-electron chi connectivity index (χ4n) is 2.08. The van der Waals surface area contributed by atoms with Gasteiger partial charge in [-0.2, -0.15) is 0 Å². The summed E-state index contributed by atoms with van der Waals surface area (Å²) >= 11 is 5.89. The molecule has 0 amide bonds. The van der Waals surface area contributed by atoms with Gasteiger partial charge in [0.1, 0.15) is 0 Å². The Kier molecular flexibility index (Phi) is 4.43. The zero-order chi connectivity index (χ0) is 12.1. The molecule has 0 unspecified atom stereocenters. The molecule has 2 rings (SSSR count). The first-order valence-corrected chi connectivity index (χ1v) is 6.69. The molecule has 17 heavy (non-hydrogen) atoms. The van der Waals surface area contributed by atoms with Crippen LogP contribution in [0.4, 0.5) is 0 Å². The molecule has 0 fully saturated rings. The number of halogens is 1. The largest absolute Gasteiger partial charge is 0.367 e. The lowest BCUT2D eigenvalue weighted by molar-refractivity contribution is 0.693. The lowest BCUT2D eigenvalue weighted by atomic mass is 10.1. The van der Waals surface area contributed by atoms with Gasteiger partial charge < -0.3 is 5.32 Å². The maximum absolute atomic E-state index is 5.89. The van der Waals surface area contributed by atoms with Crippen molar-refractivity contribution in [2.75, 3.05) is 6.54 Å². The first-order valence-electron chi connectivity index (χ1n) is 6.31. The van der Waals surface area contributed by atoms with E-state index in [1.165, 1.54) is 24.8 Å². The van der Waals surface area contributed by atoms with Gasteiger partial charge >= 0.3 is 0 Å². The van der Waals surface area contributed by atoms with Gasteiger partial charge in [-0.1, -0.05) is 30.2 Å². The monoisotopic (exact) mass is 250 g/mol. The van der Waals surface area contributed by atoms with E-state index in [9.17, 15) is 0 Å². The highest BCUT2D eigenvalue weighted by Crippen LogP contribution is 2.17. The third kappa shape index (κ3) is 3.74. The zero-order valence-electron chi connectivity index (χ0n) is 10.2. The number of rotatable bonds is 2. The molecule has 0 spiro atoms. The minimum absolute atomic E-state index is 0.295. The quantitative estimate of drug-likeness (QED) is 0.844. The predicted octanol–water partition coefficient (Wildman–Crippen LogP) is 3.96. The minimum atomic E-state index is 0.295. The smallest absolute Gasteiger partial charge is 0.0967 e. The van der Waals surface area contributed by atoms with Gasteiger partial charge in [-0.15, -0.1) is 0 Å². The van der Waals surface area contributed by atoms with Crippen molar-refractivity contribution < 1.29 is 0 Å². The summed E-state index contributed by atoms with van der Waals surface area (Å²) in [6.07, 6.45) is 4.85. The average molecular weight is 251 g/mol. The van der Waals surface area contributed by atoms with Crippen LogP contribution in [0, 0.1) is 0 Å². The van der Waals surface area contributed by atoms with Crippen molar-refractivity contribution in [3.05, 3.63) is 34.9 Å². The molecule has 1 aromatic carbocycles. The second-order valence-electron chi connectivity index (χ2n) is 4.56. The van der Waals surface area contributed by atoms with E-state index in [-0.39, 0.29) is 0 Å². The number of aliphatic imine (C=N–C) groups is 1. The minimum Gasteiger partial charge on any atom is -0.367 e. The normalized spacial score (nSPS) is 18.1. The molecule has 0 aromatic heterocycles. The Morgan fingerprint density at radius 3 is 2.71 bits per heavy atom. The van der Waals surface area contributed by atoms with Crippen LogP contribution in [0.1, 0.15) is 44.2 Å². The molecule has 3 heteroatoms. The molecule has 1 aromatic rings. The third-order valence-electron chi connectivity index (χ3n) is 3.13. The Morgan fingerprint density at radius 2 is 1.94 bits per heavy atom. The van der Waals surface area contributed by atoms with E-state index in [4.69, 9.17) is 11.6 Å². The molecular weight excluding hydrogens is 232 g/mol. The molecule has 92 valence electrons. The molecule has 1 aliphatic rings. The summed E-state index contributed by atoms with van der Waals surface area (Å²) in [5.41, 5.74) is 1.25. The number of nitrogens with one attached hydrogen (secondary N) is 1. The van der Waals surface area contributed by atoms with Crippen molar-refractivity contribution in [1.29, 1.82) is 0 Å². The molecule has 0 bridgehead atoms. The van der Waals surface area contributed by atoms with E-state index in [0.717, 1.165) is 23.8 Å². The van der Waals surface area contributed by atoms with Crippen LogP contribution in [0.5, 0.6) is 0 Å². The van der Waals surface area contributed by atoms with Gasteiger partial charge in [0.2, 0.25) is 0 Å². The van der Waals surface area contributed by atoms with Crippen molar-refractivity contribution in [2.45, 2.75) is 38.6 Å². The molecule has 0 saturated carbocycles.